The Balaban J connectivity index is 1.76. The first-order chi connectivity index (χ1) is 12.6. The minimum absolute atomic E-state index is 0.0422. The maximum absolute atomic E-state index is 12.5. The SMILES string of the molecule is CCN(CC)C(=O)C[C@@H]1C(=O)NCCN1Cc1ccc2ccccc2c1. The minimum Gasteiger partial charge on any atom is -0.353 e. The van der Waals surface area contributed by atoms with Crippen molar-refractivity contribution < 1.29 is 9.59 Å². The van der Waals surface area contributed by atoms with Gasteiger partial charge >= 0.3 is 0 Å². The second-order valence-corrected chi connectivity index (χ2v) is 6.73. The molecule has 0 bridgehead atoms. The summed E-state index contributed by atoms with van der Waals surface area (Å²) in [6, 6.07) is 14.3. The number of fused-ring (bicyclic) bond motifs is 1. The number of carbonyl (C=O) groups excluding carboxylic acids is 2. The molecule has 1 saturated heterocycles. The number of benzene rings is 2. The highest BCUT2D eigenvalue weighted by molar-refractivity contribution is 5.89. The van der Waals surface area contributed by atoms with Crippen molar-refractivity contribution in [3.05, 3.63) is 48.0 Å². The Labute approximate surface area is 155 Å². The van der Waals surface area contributed by atoms with E-state index in [1.54, 1.807) is 4.90 Å². The summed E-state index contributed by atoms with van der Waals surface area (Å²) < 4.78 is 0. The summed E-state index contributed by atoms with van der Waals surface area (Å²) >= 11 is 0. The molecule has 1 aliphatic heterocycles. The van der Waals surface area contributed by atoms with Crippen molar-refractivity contribution in [1.82, 2.24) is 15.1 Å². The lowest BCUT2D eigenvalue weighted by atomic mass is 10.0. The zero-order chi connectivity index (χ0) is 18.5. The fourth-order valence-electron chi connectivity index (χ4n) is 3.62. The van der Waals surface area contributed by atoms with Gasteiger partial charge in [-0.3, -0.25) is 14.5 Å². The third-order valence-corrected chi connectivity index (χ3v) is 5.13. The van der Waals surface area contributed by atoms with Crippen LogP contribution < -0.4 is 5.32 Å². The molecule has 5 nitrogen and oxygen atoms in total. The van der Waals surface area contributed by atoms with Crippen LogP contribution in [-0.4, -0.2) is 53.8 Å². The third-order valence-electron chi connectivity index (χ3n) is 5.13. The van der Waals surface area contributed by atoms with Crippen molar-refractivity contribution >= 4 is 22.6 Å². The molecule has 1 N–H and O–H groups in total. The predicted molar refractivity (Wildman–Crippen MR) is 104 cm³/mol. The summed E-state index contributed by atoms with van der Waals surface area (Å²) in [6.45, 7) is 7.35. The van der Waals surface area contributed by atoms with Crippen LogP contribution in [0, 0.1) is 0 Å². The molecule has 0 saturated carbocycles. The Morgan fingerprint density at radius 3 is 2.62 bits per heavy atom. The maximum atomic E-state index is 12.5. The molecule has 2 aromatic carbocycles. The molecule has 2 amide bonds. The van der Waals surface area contributed by atoms with Crippen molar-refractivity contribution in [2.24, 2.45) is 0 Å². The molecule has 3 rings (SSSR count). The molecule has 0 spiro atoms. The van der Waals surface area contributed by atoms with Crippen LogP contribution in [0.3, 0.4) is 0 Å². The first-order valence-corrected chi connectivity index (χ1v) is 9.39. The maximum Gasteiger partial charge on any atom is 0.237 e. The van der Waals surface area contributed by atoms with Crippen molar-refractivity contribution in [3.8, 4) is 0 Å². The Bertz CT molecular complexity index is 786. The van der Waals surface area contributed by atoms with E-state index in [1.165, 1.54) is 16.3 Å². The van der Waals surface area contributed by atoms with Gasteiger partial charge in [-0.05, 0) is 36.2 Å². The van der Waals surface area contributed by atoms with Crippen LogP contribution in [0.1, 0.15) is 25.8 Å². The first kappa shape index (κ1) is 18.4. The Morgan fingerprint density at radius 1 is 1.15 bits per heavy atom. The van der Waals surface area contributed by atoms with E-state index in [4.69, 9.17) is 0 Å². The predicted octanol–water partition coefficient (Wildman–Crippen LogP) is 2.40. The molecule has 0 aliphatic carbocycles. The first-order valence-electron chi connectivity index (χ1n) is 9.39. The molecule has 1 atom stereocenters. The molecule has 2 aromatic rings. The molecular weight excluding hydrogens is 326 g/mol. The third kappa shape index (κ3) is 4.05. The summed E-state index contributed by atoms with van der Waals surface area (Å²) in [4.78, 5) is 28.8. The number of hydrogen-bond donors (Lipinski definition) is 1. The van der Waals surface area contributed by atoms with E-state index in [9.17, 15) is 9.59 Å². The lowest BCUT2D eigenvalue weighted by molar-refractivity contribution is -0.138. The highest BCUT2D eigenvalue weighted by Gasteiger charge is 2.32. The van der Waals surface area contributed by atoms with E-state index in [-0.39, 0.29) is 18.2 Å². The van der Waals surface area contributed by atoms with Gasteiger partial charge in [-0.2, -0.15) is 0 Å². The highest BCUT2D eigenvalue weighted by atomic mass is 16.2. The molecule has 5 heteroatoms. The zero-order valence-corrected chi connectivity index (χ0v) is 15.6. The standard InChI is InChI=1S/C21H27N3O2/c1-3-23(4-2)20(25)14-19-21(26)22-11-12-24(19)15-16-9-10-17-7-5-6-8-18(17)13-16/h5-10,13,19H,3-4,11-12,14-15H2,1-2H3,(H,22,26)/t19-/m1/s1. The number of rotatable bonds is 6. The van der Waals surface area contributed by atoms with E-state index in [1.807, 2.05) is 26.0 Å². The van der Waals surface area contributed by atoms with E-state index in [0.717, 1.165) is 6.54 Å². The van der Waals surface area contributed by atoms with Crippen molar-refractivity contribution in [2.45, 2.75) is 32.9 Å². The average Bonchev–Trinajstić information content (AvgIpc) is 2.65. The van der Waals surface area contributed by atoms with Crippen LogP contribution in [-0.2, 0) is 16.1 Å². The molecule has 26 heavy (non-hydrogen) atoms. The van der Waals surface area contributed by atoms with Crippen LogP contribution in [0.2, 0.25) is 0 Å². The van der Waals surface area contributed by atoms with E-state index < -0.39 is 6.04 Å². The zero-order valence-electron chi connectivity index (χ0n) is 15.6. The van der Waals surface area contributed by atoms with E-state index in [2.05, 4.69) is 40.5 Å². The molecule has 138 valence electrons. The fourth-order valence-corrected chi connectivity index (χ4v) is 3.62. The van der Waals surface area contributed by atoms with Gasteiger partial charge in [-0.15, -0.1) is 0 Å². The van der Waals surface area contributed by atoms with Gasteiger partial charge < -0.3 is 10.2 Å². The van der Waals surface area contributed by atoms with Gasteiger partial charge in [0.15, 0.2) is 0 Å². The molecule has 1 heterocycles. The Kier molecular flexibility index (Phi) is 5.89. The lowest BCUT2D eigenvalue weighted by Gasteiger charge is -2.35. The monoisotopic (exact) mass is 353 g/mol. The molecular formula is C21H27N3O2. The van der Waals surface area contributed by atoms with Crippen LogP contribution in [0.5, 0.6) is 0 Å². The number of nitrogens with zero attached hydrogens (tertiary/aromatic N) is 2. The van der Waals surface area contributed by atoms with Gasteiger partial charge in [0.25, 0.3) is 0 Å². The van der Waals surface area contributed by atoms with E-state index >= 15 is 0 Å². The molecule has 0 unspecified atom stereocenters. The summed E-state index contributed by atoms with van der Waals surface area (Å²) in [7, 11) is 0. The summed E-state index contributed by atoms with van der Waals surface area (Å²) in [6.07, 6.45) is 0.237. The number of carbonyl (C=O) groups is 2. The number of nitrogens with one attached hydrogen (secondary N) is 1. The van der Waals surface area contributed by atoms with Gasteiger partial charge in [-0.25, -0.2) is 0 Å². The molecule has 0 radical (unpaired) electrons. The average molecular weight is 353 g/mol. The summed E-state index contributed by atoms with van der Waals surface area (Å²) in [5, 5.41) is 5.31. The second kappa shape index (κ2) is 8.32. The smallest absolute Gasteiger partial charge is 0.237 e. The molecule has 1 aliphatic rings. The lowest BCUT2D eigenvalue weighted by Crippen LogP contribution is -2.56. The summed E-state index contributed by atoms with van der Waals surface area (Å²) in [5.74, 6) is -0.00175. The minimum atomic E-state index is -0.400. The van der Waals surface area contributed by atoms with Crippen molar-refractivity contribution in [2.75, 3.05) is 26.2 Å². The fraction of sp³-hybridized carbons (Fsp3) is 0.429. The Hall–Kier alpha value is -2.40. The number of hydrogen-bond acceptors (Lipinski definition) is 3. The largest absolute Gasteiger partial charge is 0.353 e. The quantitative estimate of drug-likeness (QED) is 0.868. The van der Waals surface area contributed by atoms with Crippen molar-refractivity contribution in [1.29, 1.82) is 0 Å². The van der Waals surface area contributed by atoms with E-state index in [0.29, 0.717) is 26.2 Å². The highest BCUT2D eigenvalue weighted by Crippen LogP contribution is 2.19. The summed E-state index contributed by atoms with van der Waals surface area (Å²) in [5.41, 5.74) is 1.17. The van der Waals surface area contributed by atoms with Crippen molar-refractivity contribution in [3.63, 3.8) is 0 Å². The number of amides is 2. The van der Waals surface area contributed by atoms with Gasteiger partial charge in [0.1, 0.15) is 0 Å². The number of piperazine rings is 1. The normalized spacial score (nSPS) is 17.9. The van der Waals surface area contributed by atoms with Gasteiger partial charge in [-0.1, -0.05) is 36.4 Å². The van der Waals surface area contributed by atoms with Gasteiger partial charge in [0, 0.05) is 32.7 Å². The van der Waals surface area contributed by atoms with Crippen LogP contribution >= 0.6 is 0 Å². The topological polar surface area (TPSA) is 52.7 Å². The molecule has 0 aromatic heterocycles. The van der Waals surface area contributed by atoms with Gasteiger partial charge in [0.05, 0.1) is 12.5 Å². The molecule has 1 fully saturated rings. The van der Waals surface area contributed by atoms with Crippen LogP contribution in [0.15, 0.2) is 42.5 Å². The van der Waals surface area contributed by atoms with Crippen LogP contribution in [0.25, 0.3) is 10.8 Å². The van der Waals surface area contributed by atoms with Crippen LogP contribution in [0.4, 0.5) is 0 Å². The van der Waals surface area contributed by atoms with Gasteiger partial charge in [0.2, 0.25) is 11.8 Å². The second-order valence-electron chi connectivity index (χ2n) is 6.73. The Morgan fingerprint density at radius 2 is 1.88 bits per heavy atom.